The van der Waals surface area contributed by atoms with Crippen molar-refractivity contribution in [3.63, 3.8) is 0 Å². The molecular formula is C20H22N2O5S. The number of amides is 2. The number of carbonyl (C=O) groups is 2. The van der Waals surface area contributed by atoms with E-state index in [1.54, 1.807) is 18.2 Å². The molecule has 2 aromatic rings. The molecule has 1 aliphatic carbocycles. The first-order chi connectivity index (χ1) is 13.4. The predicted octanol–water partition coefficient (Wildman–Crippen LogP) is 3.21. The van der Waals surface area contributed by atoms with Crippen LogP contribution < -0.4 is 5.32 Å². The first-order valence-electron chi connectivity index (χ1n) is 9.03. The molecule has 8 heteroatoms. The van der Waals surface area contributed by atoms with Crippen LogP contribution in [0.2, 0.25) is 0 Å². The lowest BCUT2D eigenvalue weighted by Crippen LogP contribution is -2.36. The Labute approximate surface area is 164 Å². The van der Waals surface area contributed by atoms with Crippen molar-refractivity contribution in [3.8, 4) is 0 Å². The molecule has 2 aromatic carbocycles. The molecule has 0 aromatic heterocycles. The molecule has 1 fully saturated rings. The van der Waals surface area contributed by atoms with Gasteiger partial charge in [0.2, 0.25) is 5.91 Å². The van der Waals surface area contributed by atoms with Gasteiger partial charge in [0.15, 0.2) is 0 Å². The quantitative estimate of drug-likeness (QED) is 0.749. The van der Waals surface area contributed by atoms with E-state index in [-0.39, 0.29) is 22.3 Å². The zero-order valence-electron chi connectivity index (χ0n) is 15.5. The molecule has 3 rings (SSSR count). The summed E-state index contributed by atoms with van der Waals surface area (Å²) in [6.45, 7) is 0. The van der Waals surface area contributed by atoms with Gasteiger partial charge in [-0.2, -0.15) is 8.42 Å². The van der Waals surface area contributed by atoms with Crippen molar-refractivity contribution in [1.29, 1.82) is 0 Å². The van der Waals surface area contributed by atoms with Crippen molar-refractivity contribution in [2.75, 3.05) is 12.4 Å². The molecule has 1 N–H and O–H groups in total. The third-order valence-electron chi connectivity index (χ3n) is 4.72. The van der Waals surface area contributed by atoms with E-state index in [0.717, 1.165) is 32.8 Å². The number of benzene rings is 2. The van der Waals surface area contributed by atoms with Gasteiger partial charge < -0.3 is 5.32 Å². The van der Waals surface area contributed by atoms with Crippen LogP contribution in [0.1, 0.15) is 36.0 Å². The molecule has 28 heavy (non-hydrogen) atoms. The van der Waals surface area contributed by atoms with Gasteiger partial charge in [0.1, 0.15) is 0 Å². The van der Waals surface area contributed by atoms with Gasteiger partial charge in [-0.05, 0) is 49.2 Å². The fraction of sp³-hybridized carbons (Fsp3) is 0.300. The highest BCUT2D eigenvalue weighted by molar-refractivity contribution is 7.89. The van der Waals surface area contributed by atoms with Crippen LogP contribution in [0.4, 0.5) is 5.69 Å². The second-order valence-corrected chi connectivity index (χ2v) is 8.33. The number of hydroxylamine groups is 1. The third-order valence-corrected chi connectivity index (χ3v) is 6.34. The van der Waals surface area contributed by atoms with E-state index in [0.29, 0.717) is 10.2 Å². The van der Waals surface area contributed by atoms with Crippen LogP contribution in [0.5, 0.6) is 0 Å². The van der Waals surface area contributed by atoms with E-state index in [4.69, 9.17) is 4.84 Å². The first kappa shape index (κ1) is 20.0. The zero-order chi connectivity index (χ0) is 20.1. The maximum Gasteiger partial charge on any atom is 0.292 e. The molecule has 1 saturated carbocycles. The first-order valence-corrected chi connectivity index (χ1v) is 10.5. The van der Waals surface area contributed by atoms with Crippen molar-refractivity contribution in [2.24, 2.45) is 5.92 Å². The highest BCUT2D eigenvalue weighted by Gasteiger charge is 2.31. The van der Waals surface area contributed by atoms with Crippen molar-refractivity contribution in [2.45, 2.75) is 30.6 Å². The second kappa shape index (κ2) is 8.53. The molecule has 0 atom stereocenters. The minimum absolute atomic E-state index is 0.0101. The van der Waals surface area contributed by atoms with Crippen LogP contribution >= 0.6 is 0 Å². The zero-order valence-corrected chi connectivity index (χ0v) is 16.3. The maximum absolute atomic E-state index is 12.8. The summed E-state index contributed by atoms with van der Waals surface area (Å²) in [5.74, 6) is -0.830. The summed E-state index contributed by atoms with van der Waals surface area (Å²) in [5, 5.41) is 2.81. The van der Waals surface area contributed by atoms with E-state index < -0.39 is 15.9 Å². The Morgan fingerprint density at radius 2 is 1.61 bits per heavy atom. The molecule has 148 valence electrons. The number of hydrogen-bond acceptors (Lipinski definition) is 5. The van der Waals surface area contributed by atoms with Gasteiger partial charge in [-0.25, -0.2) is 0 Å². The molecule has 2 amide bonds. The monoisotopic (exact) mass is 402 g/mol. The molecule has 0 radical (unpaired) electrons. The highest BCUT2D eigenvalue weighted by atomic mass is 32.2. The summed E-state index contributed by atoms with van der Waals surface area (Å²) in [7, 11) is -3.09. The Hall–Kier alpha value is -2.71. The van der Waals surface area contributed by atoms with Gasteiger partial charge in [-0.3, -0.25) is 14.4 Å². The molecule has 0 spiro atoms. The lowest BCUT2D eigenvalue weighted by molar-refractivity contribution is -0.119. The average Bonchev–Trinajstić information content (AvgIpc) is 3.24. The van der Waals surface area contributed by atoms with Crippen LogP contribution in [-0.2, 0) is 19.7 Å². The van der Waals surface area contributed by atoms with E-state index in [1.807, 2.05) is 0 Å². The number of carbonyl (C=O) groups excluding carboxylic acids is 2. The van der Waals surface area contributed by atoms with Gasteiger partial charge in [0.05, 0.1) is 12.0 Å². The summed E-state index contributed by atoms with van der Waals surface area (Å²) < 4.78 is 26.0. The second-order valence-electron chi connectivity index (χ2n) is 6.58. The lowest BCUT2D eigenvalue weighted by Gasteiger charge is -2.19. The molecule has 1 aliphatic rings. The fourth-order valence-corrected chi connectivity index (χ4v) is 4.41. The number of anilines is 1. The molecular weight excluding hydrogens is 380 g/mol. The van der Waals surface area contributed by atoms with Crippen LogP contribution in [0.15, 0.2) is 59.5 Å². The minimum atomic E-state index is -4.21. The van der Waals surface area contributed by atoms with Gasteiger partial charge in [0.25, 0.3) is 15.9 Å². The molecule has 0 aliphatic heterocycles. The number of nitrogens with one attached hydrogen (secondary N) is 1. The molecule has 0 bridgehead atoms. The van der Waals surface area contributed by atoms with Crippen LogP contribution in [-0.4, -0.2) is 31.8 Å². The summed E-state index contributed by atoms with van der Waals surface area (Å²) in [6, 6.07) is 13.7. The summed E-state index contributed by atoms with van der Waals surface area (Å²) in [5.41, 5.74) is 0.697. The normalized spacial score (nSPS) is 14.6. The Bertz CT molecular complexity index is 936. The van der Waals surface area contributed by atoms with Crippen molar-refractivity contribution < 1.29 is 22.8 Å². The minimum Gasteiger partial charge on any atom is -0.326 e. The summed E-state index contributed by atoms with van der Waals surface area (Å²) >= 11 is 0. The maximum atomic E-state index is 12.8. The van der Waals surface area contributed by atoms with E-state index in [9.17, 15) is 18.0 Å². The van der Waals surface area contributed by atoms with Gasteiger partial charge in [-0.15, -0.1) is 4.47 Å². The van der Waals surface area contributed by atoms with Gasteiger partial charge in [0, 0.05) is 17.2 Å². The number of rotatable bonds is 6. The Kier molecular flexibility index (Phi) is 6.11. The SMILES string of the molecule is CON(C(=O)c1ccccc1)S(=O)(=O)c1ccc(NC(=O)C2CCCC2)cc1. The fourth-order valence-electron chi connectivity index (χ4n) is 3.21. The average molecular weight is 402 g/mol. The Morgan fingerprint density at radius 1 is 1.00 bits per heavy atom. The van der Waals surface area contributed by atoms with E-state index in [2.05, 4.69) is 5.32 Å². The lowest BCUT2D eigenvalue weighted by atomic mass is 10.1. The smallest absolute Gasteiger partial charge is 0.292 e. The number of sulfonamides is 1. The van der Waals surface area contributed by atoms with Crippen LogP contribution in [0, 0.1) is 5.92 Å². The highest BCUT2D eigenvalue weighted by Crippen LogP contribution is 2.26. The molecule has 0 heterocycles. The summed E-state index contributed by atoms with van der Waals surface area (Å²) in [6.07, 6.45) is 3.86. The molecule has 0 unspecified atom stereocenters. The molecule has 7 nitrogen and oxygen atoms in total. The number of hydrogen-bond donors (Lipinski definition) is 1. The third kappa shape index (κ3) is 4.23. The van der Waals surface area contributed by atoms with Crippen LogP contribution in [0.25, 0.3) is 0 Å². The summed E-state index contributed by atoms with van der Waals surface area (Å²) in [4.78, 5) is 29.5. The van der Waals surface area contributed by atoms with Gasteiger partial charge in [-0.1, -0.05) is 31.0 Å². The van der Waals surface area contributed by atoms with Crippen LogP contribution in [0.3, 0.4) is 0 Å². The van der Waals surface area contributed by atoms with Crippen molar-refractivity contribution in [1.82, 2.24) is 4.47 Å². The van der Waals surface area contributed by atoms with E-state index in [1.165, 1.54) is 36.4 Å². The van der Waals surface area contributed by atoms with E-state index >= 15 is 0 Å². The topological polar surface area (TPSA) is 92.8 Å². The Morgan fingerprint density at radius 3 is 2.18 bits per heavy atom. The van der Waals surface area contributed by atoms with Crippen molar-refractivity contribution in [3.05, 3.63) is 60.2 Å². The van der Waals surface area contributed by atoms with Gasteiger partial charge >= 0.3 is 0 Å². The van der Waals surface area contributed by atoms with Crippen molar-refractivity contribution >= 4 is 27.5 Å². The Balaban J connectivity index is 1.77. The standard InChI is InChI=1S/C20H22N2O5S/c1-27-22(20(24)16-9-3-2-4-10-16)28(25,26)18-13-11-17(12-14-18)21-19(23)15-7-5-6-8-15/h2-4,9-15H,5-8H2,1H3,(H,21,23). The molecule has 0 saturated heterocycles. The predicted molar refractivity (Wildman–Crippen MR) is 104 cm³/mol. The largest absolute Gasteiger partial charge is 0.326 e. The number of nitrogens with zero attached hydrogens (tertiary/aromatic N) is 1.